The molecule has 1 unspecified atom stereocenters. The Morgan fingerprint density at radius 3 is 2.67 bits per heavy atom. The van der Waals surface area contributed by atoms with Gasteiger partial charge in [-0.15, -0.1) is 0 Å². The highest BCUT2D eigenvalue weighted by atomic mass is 15.1. The molecule has 0 radical (unpaired) electrons. The molecular weight excluding hydrogens is 188 g/mol. The van der Waals surface area contributed by atoms with Gasteiger partial charge in [0.05, 0.1) is 11.2 Å². The summed E-state index contributed by atoms with van der Waals surface area (Å²) in [6.07, 6.45) is 5.94. The van der Waals surface area contributed by atoms with Crippen LogP contribution in [0.25, 0.3) is 0 Å². The summed E-state index contributed by atoms with van der Waals surface area (Å²) < 4.78 is 0. The lowest BCUT2D eigenvalue weighted by molar-refractivity contribution is 0.457. The molecule has 1 aromatic heterocycles. The Bertz CT molecular complexity index is 348. The van der Waals surface area contributed by atoms with E-state index in [9.17, 15) is 0 Å². The molecule has 1 fully saturated rings. The highest BCUT2D eigenvalue weighted by molar-refractivity contribution is 5.42. The minimum Gasteiger partial charge on any atom is -0.362 e. The zero-order valence-corrected chi connectivity index (χ0v) is 9.33. The molecule has 0 bridgehead atoms. The first-order valence-corrected chi connectivity index (χ1v) is 5.41. The van der Waals surface area contributed by atoms with Crippen molar-refractivity contribution in [3.63, 3.8) is 0 Å². The molecule has 3 N–H and O–H groups in total. The topological polar surface area (TPSA) is 63.8 Å². The van der Waals surface area contributed by atoms with Crippen molar-refractivity contribution < 1.29 is 0 Å². The lowest BCUT2D eigenvalue weighted by atomic mass is 9.96. The first kappa shape index (κ1) is 10.4. The summed E-state index contributed by atoms with van der Waals surface area (Å²) in [5, 5.41) is 3.44. The van der Waals surface area contributed by atoms with Crippen LogP contribution in [-0.2, 0) is 0 Å². The fourth-order valence-corrected chi connectivity index (χ4v) is 1.84. The summed E-state index contributed by atoms with van der Waals surface area (Å²) in [7, 11) is 0. The molecule has 0 aromatic carbocycles. The third-order valence-corrected chi connectivity index (χ3v) is 3.19. The Hall–Kier alpha value is -1.16. The van der Waals surface area contributed by atoms with E-state index in [4.69, 9.17) is 5.73 Å². The van der Waals surface area contributed by atoms with Crippen molar-refractivity contribution in [2.75, 3.05) is 11.9 Å². The van der Waals surface area contributed by atoms with Crippen LogP contribution >= 0.6 is 0 Å². The van der Waals surface area contributed by atoms with Gasteiger partial charge >= 0.3 is 0 Å². The van der Waals surface area contributed by atoms with E-state index in [0.717, 1.165) is 11.5 Å². The second-order valence-corrected chi connectivity index (χ2v) is 4.51. The number of aryl methyl sites for hydroxylation is 1. The zero-order chi connectivity index (χ0) is 10.9. The monoisotopic (exact) mass is 206 g/mol. The van der Waals surface area contributed by atoms with Crippen LogP contribution < -0.4 is 11.1 Å². The predicted octanol–water partition coefficient (Wildman–Crippen LogP) is 1.32. The van der Waals surface area contributed by atoms with E-state index in [1.165, 1.54) is 12.8 Å². The molecule has 1 aliphatic carbocycles. The molecule has 0 saturated heterocycles. The standard InChI is InChI=1S/C11H18N4/c1-8-10(14-6-5-13-8)15-11(2,7-12)9-3-4-9/h5-6,9H,3-4,7,12H2,1-2H3,(H,14,15). The summed E-state index contributed by atoms with van der Waals surface area (Å²) in [6.45, 7) is 4.76. The van der Waals surface area contributed by atoms with Gasteiger partial charge in [-0.1, -0.05) is 0 Å². The van der Waals surface area contributed by atoms with Gasteiger partial charge in [-0.25, -0.2) is 4.98 Å². The van der Waals surface area contributed by atoms with Gasteiger partial charge < -0.3 is 11.1 Å². The number of nitrogens with zero attached hydrogens (tertiary/aromatic N) is 2. The van der Waals surface area contributed by atoms with Gasteiger partial charge in [0.15, 0.2) is 0 Å². The van der Waals surface area contributed by atoms with Crippen LogP contribution in [0, 0.1) is 12.8 Å². The van der Waals surface area contributed by atoms with Crippen molar-refractivity contribution in [3.05, 3.63) is 18.1 Å². The SMILES string of the molecule is Cc1nccnc1NC(C)(CN)C1CC1. The van der Waals surface area contributed by atoms with E-state index >= 15 is 0 Å². The van der Waals surface area contributed by atoms with Crippen molar-refractivity contribution in [3.8, 4) is 0 Å². The number of rotatable bonds is 4. The smallest absolute Gasteiger partial charge is 0.147 e. The van der Waals surface area contributed by atoms with Crippen molar-refractivity contribution in [2.24, 2.45) is 11.7 Å². The highest BCUT2D eigenvalue weighted by Crippen LogP contribution is 2.40. The molecule has 1 heterocycles. The zero-order valence-electron chi connectivity index (χ0n) is 9.33. The van der Waals surface area contributed by atoms with Gasteiger partial charge in [0, 0.05) is 18.9 Å². The first-order chi connectivity index (χ1) is 7.15. The van der Waals surface area contributed by atoms with Crippen LogP contribution in [0.3, 0.4) is 0 Å². The summed E-state index contributed by atoms with van der Waals surface area (Å²) in [5.74, 6) is 1.54. The number of anilines is 1. The molecule has 82 valence electrons. The van der Waals surface area contributed by atoms with Crippen molar-refractivity contribution in [1.82, 2.24) is 9.97 Å². The maximum absolute atomic E-state index is 5.84. The highest BCUT2D eigenvalue weighted by Gasteiger charge is 2.40. The van der Waals surface area contributed by atoms with Gasteiger partial charge in [-0.05, 0) is 32.6 Å². The van der Waals surface area contributed by atoms with E-state index in [2.05, 4.69) is 22.2 Å². The third-order valence-electron chi connectivity index (χ3n) is 3.19. The van der Waals surface area contributed by atoms with Crippen LogP contribution in [-0.4, -0.2) is 22.1 Å². The van der Waals surface area contributed by atoms with Crippen LogP contribution in [0.4, 0.5) is 5.82 Å². The number of nitrogens with one attached hydrogen (secondary N) is 1. The molecule has 2 rings (SSSR count). The van der Waals surface area contributed by atoms with Gasteiger partial charge in [0.25, 0.3) is 0 Å². The lowest BCUT2D eigenvalue weighted by Crippen LogP contribution is -2.45. The maximum Gasteiger partial charge on any atom is 0.147 e. The molecule has 4 nitrogen and oxygen atoms in total. The summed E-state index contributed by atoms with van der Waals surface area (Å²) >= 11 is 0. The second-order valence-electron chi connectivity index (χ2n) is 4.51. The van der Waals surface area contributed by atoms with Gasteiger partial charge in [-0.2, -0.15) is 0 Å². The number of aromatic nitrogens is 2. The number of nitrogens with two attached hydrogens (primary N) is 1. The summed E-state index contributed by atoms with van der Waals surface area (Å²) in [5.41, 5.74) is 6.74. The largest absolute Gasteiger partial charge is 0.362 e. The maximum atomic E-state index is 5.84. The summed E-state index contributed by atoms with van der Waals surface area (Å²) in [4.78, 5) is 8.50. The normalized spacial score (nSPS) is 19.7. The Kier molecular flexibility index (Phi) is 2.61. The van der Waals surface area contributed by atoms with Crippen molar-refractivity contribution >= 4 is 5.82 Å². The van der Waals surface area contributed by atoms with Crippen LogP contribution in [0.15, 0.2) is 12.4 Å². The van der Waals surface area contributed by atoms with E-state index in [-0.39, 0.29) is 5.54 Å². The Balaban J connectivity index is 2.16. The van der Waals surface area contributed by atoms with E-state index in [0.29, 0.717) is 12.5 Å². The quantitative estimate of drug-likeness (QED) is 0.780. The van der Waals surface area contributed by atoms with Gasteiger partial charge in [0.2, 0.25) is 0 Å². The minimum absolute atomic E-state index is 0.0270. The Morgan fingerprint density at radius 2 is 2.13 bits per heavy atom. The molecule has 0 spiro atoms. The average Bonchev–Trinajstić information content (AvgIpc) is 3.05. The Morgan fingerprint density at radius 1 is 1.47 bits per heavy atom. The van der Waals surface area contributed by atoms with E-state index in [1.54, 1.807) is 12.4 Å². The molecule has 1 atom stereocenters. The minimum atomic E-state index is -0.0270. The molecule has 0 amide bonds. The molecule has 1 aliphatic rings. The fraction of sp³-hybridized carbons (Fsp3) is 0.636. The summed E-state index contributed by atoms with van der Waals surface area (Å²) in [6, 6.07) is 0. The third kappa shape index (κ3) is 2.09. The van der Waals surface area contributed by atoms with Gasteiger partial charge in [-0.3, -0.25) is 4.98 Å². The fourth-order valence-electron chi connectivity index (χ4n) is 1.84. The van der Waals surface area contributed by atoms with Crippen LogP contribution in [0.2, 0.25) is 0 Å². The molecule has 1 saturated carbocycles. The first-order valence-electron chi connectivity index (χ1n) is 5.41. The van der Waals surface area contributed by atoms with Crippen LogP contribution in [0.1, 0.15) is 25.5 Å². The van der Waals surface area contributed by atoms with Crippen molar-refractivity contribution in [2.45, 2.75) is 32.2 Å². The molecular formula is C11H18N4. The second kappa shape index (κ2) is 3.77. The number of hydrogen-bond acceptors (Lipinski definition) is 4. The Labute approximate surface area is 90.3 Å². The van der Waals surface area contributed by atoms with E-state index in [1.807, 2.05) is 6.92 Å². The lowest BCUT2D eigenvalue weighted by Gasteiger charge is -2.30. The van der Waals surface area contributed by atoms with Gasteiger partial charge in [0.1, 0.15) is 5.82 Å². The van der Waals surface area contributed by atoms with Crippen molar-refractivity contribution in [1.29, 1.82) is 0 Å². The molecule has 1 aromatic rings. The number of hydrogen-bond donors (Lipinski definition) is 2. The molecule has 0 aliphatic heterocycles. The molecule has 15 heavy (non-hydrogen) atoms. The molecule has 4 heteroatoms. The average molecular weight is 206 g/mol. The van der Waals surface area contributed by atoms with Crippen LogP contribution in [0.5, 0.6) is 0 Å². The van der Waals surface area contributed by atoms with E-state index < -0.39 is 0 Å². The predicted molar refractivity (Wildman–Crippen MR) is 60.6 cm³/mol.